The van der Waals surface area contributed by atoms with Crippen molar-refractivity contribution in [2.75, 3.05) is 0 Å². The van der Waals surface area contributed by atoms with Gasteiger partial charge < -0.3 is 14.1 Å². The average molecular weight is 281 g/mol. The quantitative estimate of drug-likeness (QED) is 0.732. The molecule has 1 N–H and O–H groups in total. The van der Waals surface area contributed by atoms with E-state index in [4.69, 9.17) is 12.2 Å². The summed E-state index contributed by atoms with van der Waals surface area (Å²) in [5, 5.41) is 7.68. The van der Waals surface area contributed by atoms with Gasteiger partial charge in [0.25, 0.3) is 0 Å². The van der Waals surface area contributed by atoms with Gasteiger partial charge in [0.15, 0.2) is 16.4 Å². The molecule has 0 saturated carbocycles. The zero-order valence-electron chi connectivity index (χ0n) is 9.89. The van der Waals surface area contributed by atoms with E-state index in [0.29, 0.717) is 16.1 Å². The Morgan fingerprint density at radius 3 is 2.84 bits per heavy atom. The van der Waals surface area contributed by atoms with Gasteiger partial charge in [-0.05, 0) is 18.3 Å². The van der Waals surface area contributed by atoms with Crippen molar-refractivity contribution >= 4 is 23.3 Å². The van der Waals surface area contributed by atoms with Crippen LogP contribution in [0.1, 0.15) is 5.82 Å². The fourth-order valence-electron chi connectivity index (χ4n) is 1.93. The molecule has 2 heterocycles. The Morgan fingerprint density at radius 2 is 2.16 bits per heavy atom. The lowest BCUT2D eigenvalue weighted by molar-refractivity contribution is 0.590. The Hall–Kier alpha value is -2.09. The minimum absolute atomic E-state index is 0.188. The third-order valence-electron chi connectivity index (χ3n) is 2.91. The van der Waals surface area contributed by atoms with E-state index in [1.54, 1.807) is 22.5 Å². The molecule has 0 radical (unpaired) electrons. The molecular weight excluding hydrogens is 272 g/mol. The van der Waals surface area contributed by atoms with Gasteiger partial charge in [0, 0.05) is 13.1 Å². The highest BCUT2D eigenvalue weighted by molar-refractivity contribution is 7.71. The predicted octanol–water partition coefficient (Wildman–Crippen LogP) is 2.15. The van der Waals surface area contributed by atoms with E-state index in [-0.39, 0.29) is 12.1 Å². The molecule has 0 aliphatic heterocycles. The third kappa shape index (κ3) is 1.93. The van der Waals surface area contributed by atoms with E-state index in [0.717, 1.165) is 6.07 Å². The van der Waals surface area contributed by atoms with Crippen molar-refractivity contribution in [3.63, 3.8) is 0 Å². The van der Waals surface area contributed by atoms with Crippen LogP contribution in [0.5, 0.6) is 0 Å². The fourth-order valence-corrected chi connectivity index (χ4v) is 2.19. The van der Waals surface area contributed by atoms with Crippen molar-refractivity contribution < 1.29 is 8.78 Å². The van der Waals surface area contributed by atoms with Crippen molar-refractivity contribution in [3.05, 3.63) is 40.7 Å². The summed E-state index contributed by atoms with van der Waals surface area (Å²) < 4.78 is 30.6. The molecule has 8 heteroatoms. The number of imidazole rings is 1. The second-order valence-corrected chi connectivity index (χ2v) is 4.54. The number of aromatic amines is 1. The zero-order chi connectivity index (χ0) is 13.6. The van der Waals surface area contributed by atoms with Crippen LogP contribution < -0.4 is 0 Å². The SMILES string of the molecule is Cn1cnnc1Cn1c(=S)[nH]c2c(F)cc(F)cc21. The number of H-pyrrole nitrogens is 1. The van der Waals surface area contributed by atoms with Gasteiger partial charge in [-0.2, -0.15) is 0 Å². The molecule has 5 nitrogen and oxygen atoms in total. The van der Waals surface area contributed by atoms with Gasteiger partial charge in [-0.1, -0.05) is 0 Å². The monoisotopic (exact) mass is 281 g/mol. The van der Waals surface area contributed by atoms with Gasteiger partial charge in [-0.3, -0.25) is 0 Å². The Morgan fingerprint density at radius 1 is 1.37 bits per heavy atom. The first kappa shape index (κ1) is 12.0. The Labute approximate surface area is 111 Å². The number of aryl methyl sites for hydroxylation is 1. The summed E-state index contributed by atoms with van der Waals surface area (Å²) in [7, 11) is 1.79. The molecule has 0 aliphatic carbocycles. The second-order valence-electron chi connectivity index (χ2n) is 4.16. The van der Waals surface area contributed by atoms with Crippen LogP contribution in [-0.4, -0.2) is 24.3 Å². The molecular formula is C11H9F2N5S. The van der Waals surface area contributed by atoms with Crippen molar-refractivity contribution in [1.82, 2.24) is 24.3 Å². The van der Waals surface area contributed by atoms with Gasteiger partial charge >= 0.3 is 0 Å². The molecule has 98 valence electrons. The van der Waals surface area contributed by atoms with Gasteiger partial charge in [-0.25, -0.2) is 8.78 Å². The molecule has 0 atom stereocenters. The van der Waals surface area contributed by atoms with Gasteiger partial charge in [0.1, 0.15) is 17.7 Å². The van der Waals surface area contributed by atoms with Crippen LogP contribution in [-0.2, 0) is 13.6 Å². The molecule has 2 aromatic heterocycles. The van der Waals surface area contributed by atoms with Crippen LogP contribution in [0.2, 0.25) is 0 Å². The molecule has 0 spiro atoms. The van der Waals surface area contributed by atoms with Crippen molar-refractivity contribution in [2.24, 2.45) is 7.05 Å². The molecule has 0 unspecified atom stereocenters. The number of nitrogens with zero attached hydrogens (tertiary/aromatic N) is 4. The normalized spacial score (nSPS) is 11.3. The summed E-state index contributed by atoms with van der Waals surface area (Å²) in [5.74, 6) is -0.676. The minimum atomic E-state index is -0.669. The molecule has 3 aromatic rings. The summed E-state index contributed by atoms with van der Waals surface area (Å²) in [6.07, 6.45) is 1.55. The van der Waals surface area contributed by atoms with Gasteiger partial charge in [-0.15, -0.1) is 10.2 Å². The molecule has 0 amide bonds. The second kappa shape index (κ2) is 4.23. The summed E-state index contributed by atoms with van der Waals surface area (Å²) in [5.41, 5.74) is 0.555. The lowest BCUT2D eigenvalue weighted by atomic mass is 10.3. The van der Waals surface area contributed by atoms with E-state index in [1.165, 1.54) is 6.07 Å². The number of hydrogen-bond acceptors (Lipinski definition) is 3. The van der Waals surface area contributed by atoms with E-state index < -0.39 is 11.6 Å². The Bertz CT molecular complexity index is 816. The van der Waals surface area contributed by atoms with Crippen LogP contribution in [0.3, 0.4) is 0 Å². The number of nitrogens with one attached hydrogen (secondary N) is 1. The molecule has 0 aliphatic rings. The number of hydrogen-bond donors (Lipinski definition) is 1. The lowest BCUT2D eigenvalue weighted by Gasteiger charge is -2.04. The van der Waals surface area contributed by atoms with Crippen molar-refractivity contribution in [1.29, 1.82) is 0 Å². The number of halogens is 2. The largest absolute Gasteiger partial charge is 0.328 e. The maximum Gasteiger partial charge on any atom is 0.178 e. The molecule has 19 heavy (non-hydrogen) atoms. The van der Waals surface area contributed by atoms with Crippen LogP contribution in [0.15, 0.2) is 18.5 Å². The summed E-state index contributed by atoms with van der Waals surface area (Å²) in [6, 6.07) is 2.06. The van der Waals surface area contributed by atoms with E-state index in [2.05, 4.69) is 15.2 Å². The standard InChI is InChI=1S/C11H9F2N5S/c1-17-5-14-16-9(17)4-18-8-3-6(12)2-7(13)10(8)15-11(18)19/h2-3,5H,4H2,1H3,(H,15,19). The Balaban J connectivity index is 2.21. The van der Waals surface area contributed by atoms with Crippen LogP contribution in [0.4, 0.5) is 8.78 Å². The summed E-state index contributed by atoms with van der Waals surface area (Å²) in [6.45, 7) is 0.290. The number of aromatic nitrogens is 5. The first-order valence-corrected chi connectivity index (χ1v) is 5.87. The van der Waals surface area contributed by atoms with Gasteiger partial charge in [0.2, 0.25) is 0 Å². The first-order chi connectivity index (χ1) is 9.06. The van der Waals surface area contributed by atoms with E-state index in [1.807, 2.05) is 0 Å². The molecule has 3 rings (SSSR count). The highest BCUT2D eigenvalue weighted by Gasteiger charge is 2.12. The topological polar surface area (TPSA) is 51.4 Å². The zero-order valence-corrected chi connectivity index (χ0v) is 10.7. The fraction of sp³-hybridized carbons (Fsp3) is 0.182. The predicted molar refractivity (Wildman–Crippen MR) is 67.1 cm³/mol. The summed E-state index contributed by atoms with van der Waals surface area (Å²) in [4.78, 5) is 2.73. The number of rotatable bonds is 2. The van der Waals surface area contributed by atoms with Crippen LogP contribution in [0, 0.1) is 16.4 Å². The molecule has 0 saturated heterocycles. The number of fused-ring (bicyclic) bond motifs is 1. The van der Waals surface area contributed by atoms with E-state index in [9.17, 15) is 8.78 Å². The summed E-state index contributed by atoms with van der Waals surface area (Å²) >= 11 is 5.13. The molecule has 0 bridgehead atoms. The van der Waals surface area contributed by atoms with Gasteiger partial charge in [0.05, 0.1) is 12.1 Å². The van der Waals surface area contributed by atoms with Crippen molar-refractivity contribution in [3.8, 4) is 0 Å². The lowest BCUT2D eigenvalue weighted by Crippen LogP contribution is -2.06. The van der Waals surface area contributed by atoms with Crippen LogP contribution in [0.25, 0.3) is 11.0 Å². The number of benzene rings is 1. The average Bonchev–Trinajstić information content (AvgIpc) is 2.87. The molecule has 0 fully saturated rings. The van der Waals surface area contributed by atoms with Crippen molar-refractivity contribution in [2.45, 2.75) is 6.54 Å². The first-order valence-electron chi connectivity index (χ1n) is 5.46. The minimum Gasteiger partial charge on any atom is -0.328 e. The smallest absolute Gasteiger partial charge is 0.178 e. The highest BCUT2D eigenvalue weighted by Crippen LogP contribution is 2.20. The van der Waals surface area contributed by atoms with Crippen LogP contribution >= 0.6 is 12.2 Å². The maximum absolute atomic E-state index is 13.6. The Kier molecular flexibility index (Phi) is 2.67. The van der Waals surface area contributed by atoms with E-state index >= 15 is 0 Å². The third-order valence-corrected chi connectivity index (χ3v) is 3.23. The molecule has 1 aromatic carbocycles. The maximum atomic E-state index is 13.6. The highest BCUT2D eigenvalue weighted by atomic mass is 32.1.